The molecule has 0 aromatic heterocycles. The average Bonchev–Trinajstić information content (AvgIpc) is 2.48. The van der Waals surface area contributed by atoms with E-state index >= 15 is 0 Å². The fraction of sp³-hybridized carbons (Fsp3) is 0.0588. The van der Waals surface area contributed by atoms with Gasteiger partial charge in [0.25, 0.3) is 0 Å². The molecule has 21 heavy (non-hydrogen) atoms. The molecule has 2 rings (SSSR count). The summed E-state index contributed by atoms with van der Waals surface area (Å²) < 4.78 is 31.5. The molecule has 0 amide bonds. The van der Waals surface area contributed by atoms with Crippen molar-refractivity contribution in [2.75, 3.05) is 12.8 Å². The molecule has 0 aliphatic carbocycles. The van der Waals surface area contributed by atoms with Gasteiger partial charge in [0.15, 0.2) is 0 Å². The van der Waals surface area contributed by atoms with Crippen LogP contribution in [0, 0.1) is 23.5 Å². The van der Waals surface area contributed by atoms with Crippen LogP contribution in [0.15, 0.2) is 43.0 Å². The van der Waals surface area contributed by atoms with Crippen molar-refractivity contribution >= 4 is 11.4 Å². The van der Waals surface area contributed by atoms with Gasteiger partial charge in [-0.05, 0) is 36.4 Å². The Bertz CT molecular complexity index is 757. The van der Waals surface area contributed by atoms with E-state index in [0.717, 1.165) is 0 Å². The summed E-state index contributed by atoms with van der Waals surface area (Å²) in [6.07, 6.45) is 0. The summed E-state index contributed by atoms with van der Waals surface area (Å²) in [6, 6.07) is 8.03. The van der Waals surface area contributed by atoms with Crippen molar-refractivity contribution in [2.24, 2.45) is 0 Å². The Morgan fingerprint density at radius 3 is 2.38 bits per heavy atom. The summed E-state index contributed by atoms with van der Waals surface area (Å²) in [5.41, 5.74) is 7.44. The SMILES string of the molecule is C=C(OC)c1cc(F)ccc1C#Cc1cc(F)ccc1N. The third-order valence-corrected chi connectivity index (χ3v) is 2.88. The van der Waals surface area contributed by atoms with Gasteiger partial charge in [-0.3, -0.25) is 0 Å². The Morgan fingerprint density at radius 1 is 1.05 bits per heavy atom. The molecular weight excluding hydrogens is 272 g/mol. The van der Waals surface area contributed by atoms with Gasteiger partial charge in [0.05, 0.1) is 12.7 Å². The lowest BCUT2D eigenvalue weighted by Crippen LogP contribution is -1.93. The first-order valence-electron chi connectivity index (χ1n) is 6.11. The number of rotatable bonds is 2. The number of methoxy groups -OCH3 is 1. The second kappa shape index (κ2) is 6.10. The smallest absolute Gasteiger partial charge is 0.124 e. The van der Waals surface area contributed by atoms with Crippen LogP contribution in [0.4, 0.5) is 14.5 Å². The second-order valence-corrected chi connectivity index (χ2v) is 4.30. The molecule has 2 aromatic rings. The van der Waals surface area contributed by atoms with Crippen LogP contribution in [-0.4, -0.2) is 7.11 Å². The number of benzene rings is 2. The lowest BCUT2D eigenvalue weighted by Gasteiger charge is -2.07. The van der Waals surface area contributed by atoms with Crippen LogP contribution in [-0.2, 0) is 4.74 Å². The third kappa shape index (κ3) is 3.40. The molecule has 106 valence electrons. The number of nitrogens with two attached hydrogens (primary N) is 1. The largest absolute Gasteiger partial charge is 0.497 e. The summed E-state index contributed by atoms with van der Waals surface area (Å²) in [6.45, 7) is 3.69. The molecule has 0 radical (unpaired) electrons. The van der Waals surface area contributed by atoms with Gasteiger partial charge in [-0.15, -0.1) is 0 Å². The zero-order chi connectivity index (χ0) is 15.4. The quantitative estimate of drug-likeness (QED) is 0.520. The normalized spacial score (nSPS) is 9.67. The summed E-state index contributed by atoms with van der Waals surface area (Å²) in [5, 5.41) is 0. The minimum absolute atomic E-state index is 0.297. The van der Waals surface area contributed by atoms with Crippen molar-refractivity contribution < 1.29 is 13.5 Å². The van der Waals surface area contributed by atoms with E-state index in [1.54, 1.807) is 0 Å². The molecule has 2 N–H and O–H groups in total. The van der Waals surface area contributed by atoms with E-state index in [2.05, 4.69) is 18.4 Å². The maximum atomic E-state index is 13.3. The van der Waals surface area contributed by atoms with Gasteiger partial charge in [0.2, 0.25) is 0 Å². The molecule has 0 saturated heterocycles. The first kappa shape index (κ1) is 14.6. The maximum absolute atomic E-state index is 13.3. The highest BCUT2D eigenvalue weighted by Crippen LogP contribution is 2.19. The van der Waals surface area contributed by atoms with Crippen LogP contribution in [0.2, 0.25) is 0 Å². The van der Waals surface area contributed by atoms with Gasteiger partial charge in [-0.1, -0.05) is 18.4 Å². The minimum atomic E-state index is -0.422. The summed E-state index contributed by atoms with van der Waals surface area (Å²) in [7, 11) is 1.44. The van der Waals surface area contributed by atoms with E-state index in [1.165, 1.54) is 43.5 Å². The van der Waals surface area contributed by atoms with Crippen molar-refractivity contribution in [3.63, 3.8) is 0 Å². The van der Waals surface area contributed by atoms with Gasteiger partial charge in [-0.2, -0.15) is 0 Å². The van der Waals surface area contributed by atoms with Crippen LogP contribution < -0.4 is 5.73 Å². The van der Waals surface area contributed by atoms with Crippen molar-refractivity contribution in [3.05, 3.63) is 71.3 Å². The van der Waals surface area contributed by atoms with Gasteiger partial charge in [0.1, 0.15) is 17.4 Å². The Labute approximate surface area is 121 Å². The molecule has 0 fully saturated rings. The Hall–Kier alpha value is -2.80. The standard InChI is InChI=1S/C17H13F2NO/c1-11(21-2)16-10-15(19)6-5-12(16)3-4-13-9-14(18)7-8-17(13)20/h5-10H,1,20H2,2H3. The van der Waals surface area contributed by atoms with Gasteiger partial charge < -0.3 is 10.5 Å². The molecule has 4 heteroatoms. The van der Waals surface area contributed by atoms with Crippen LogP contribution >= 0.6 is 0 Å². The van der Waals surface area contributed by atoms with E-state index in [4.69, 9.17) is 10.5 Å². The zero-order valence-corrected chi connectivity index (χ0v) is 11.4. The molecular formula is C17H13F2NO. The topological polar surface area (TPSA) is 35.2 Å². The minimum Gasteiger partial charge on any atom is -0.497 e. The van der Waals surface area contributed by atoms with E-state index in [0.29, 0.717) is 28.1 Å². The van der Waals surface area contributed by atoms with Crippen molar-refractivity contribution in [3.8, 4) is 11.8 Å². The van der Waals surface area contributed by atoms with Gasteiger partial charge in [0, 0.05) is 16.8 Å². The van der Waals surface area contributed by atoms with Crippen LogP contribution in [0.25, 0.3) is 5.76 Å². The molecule has 0 heterocycles. The number of ether oxygens (including phenoxy) is 1. The maximum Gasteiger partial charge on any atom is 0.124 e. The Balaban J connectivity index is 2.47. The number of halogens is 2. The summed E-state index contributed by atoms with van der Waals surface area (Å²) >= 11 is 0. The average molecular weight is 285 g/mol. The molecule has 0 saturated carbocycles. The zero-order valence-electron chi connectivity index (χ0n) is 11.4. The lowest BCUT2D eigenvalue weighted by atomic mass is 10.1. The highest BCUT2D eigenvalue weighted by Gasteiger charge is 2.06. The fourth-order valence-corrected chi connectivity index (χ4v) is 1.74. The van der Waals surface area contributed by atoms with Gasteiger partial charge in [-0.25, -0.2) is 8.78 Å². The molecule has 0 unspecified atom stereocenters. The summed E-state index contributed by atoms with van der Waals surface area (Å²) in [5.74, 6) is 5.07. The first-order chi connectivity index (χ1) is 10.0. The number of nitrogen functional groups attached to an aromatic ring is 1. The Morgan fingerprint density at radius 2 is 1.67 bits per heavy atom. The number of hydrogen-bond acceptors (Lipinski definition) is 2. The number of anilines is 1. The summed E-state index contributed by atoms with van der Waals surface area (Å²) in [4.78, 5) is 0. The van der Waals surface area contributed by atoms with Gasteiger partial charge >= 0.3 is 0 Å². The Kier molecular flexibility index (Phi) is 4.24. The van der Waals surface area contributed by atoms with E-state index in [-0.39, 0.29) is 0 Å². The van der Waals surface area contributed by atoms with Crippen molar-refractivity contribution in [2.45, 2.75) is 0 Å². The molecule has 0 spiro atoms. The third-order valence-electron chi connectivity index (χ3n) is 2.88. The molecule has 0 aliphatic rings. The lowest BCUT2D eigenvalue weighted by molar-refractivity contribution is 0.371. The molecule has 0 bridgehead atoms. The van der Waals surface area contributed by atoms with Crippen LogP contribution in [0.1, 0.15) is 16.7 Å². The molecule has 2 nitrogen and oxygen atoms in total. The van der Waals surface area contributed by atoms with E-state index in [1.807, 2.05) is 0 Å². The molecule has 2 aromatic carbocycles. The highest BCUT2D eigenvalue weighted by molar-refractivity contribution is 5.66. The number of hydrogen-bond donors (Lipinski definition) is 1. The van der Waals surface area contributed by atoms with E-state index < -0.39 is 11.6 Å². The van der Waals surface area contributed by atoms with Crippen molar-refractivity contribution in [1.29, 1.82) is 0 Å². The fourth-order valence-electron chi connectivity index (χ4n) is 1.74. The monoisotopic (exact) mass is 285 g/mol. The highest BCUT2D eigenvalue weighted by atomic mass is 19.1. The van der Waals surface area contributed by atoms with Crippen molar-refractivity contribution in [1.82, 2.24) is 0 Å². The molecule has 0 aliphatic heterocycles. The predicted molar refractivity (Wildman–Crippen MR) is 79.2 cm³/mol. The van der Waals surface area contributed by atoms with E-state index in [9.17, 15) is 8.78 Å². The van der Waals surface area contributed by atoms with Crippen LogP contribution in [0.3, 0.4) is 0 Å². The van der Waals surface area contributed by atoms with Crippen LogP contribution in [0.5, 0.6) is 0 Å². The first-order valence-corrected chi connectivity index (χ1v) is 6.11. The second-order valence-electron chi connectivity index (χ2n) is 4.30. The molecule has 0 atom stereocenters. The predicted octanol–water partition coefficient (Wildman–Crippen LogP) is 3.56.